The molecule has 126 valence electrons. The maximum absolute atomic E-state index is 12.8. The number of likely N-dealkylation sites (tertiary alicyclic amines) is 1. The lowest BCUT2D eigenvalue weighted by Gasteiger charge is -2.18. The van der Waals surface area contributed by atoms with Crippen LogP contribution in [0, 0.1) is 15.3 Å². The van der Waals surface area contributed by atoms with Gasteiger partial charge >= 0.3 is 17.6 Å². The van der Waals surface area contributed by atoms with Crippen molar-refractivity contribution in [3.63, 3.8) is 0 Å². The van der Waals surface area contributed by atoms with E-state index in [1.165, 1.54) is 24.3 Å². The standard InChI is InChI=1S/C17H13N3O5/c21-15-10-11-16(22)18(15)17(19(23)13-4-2-1-3-5-13)12-6-8-14(9-7-12)20(24)25/h1-9H,10-11H2/b19-17-. The van der Waals surface area contributed by atoms with Crippen LogP contribution in [0.3, 0.4) is 0 Å². The first-order valence-corrected chi connectivity index (χ1v) is 7.49. The summed E-state index contributed by atoms with van der Waals surface area (Å²) in [5, 5.41) is 23.6. The van der Waals surface area contributed by atoms with Crippen LogP contribution in [-0.4, -0.2) is 32.2 Å². The summed E-state index contributed by atoms with van der Waals surface area (Å²) < 4.78 is 0.488. The molecule has 2 aromatic rings. The summed E-state index contributed by atoms with van der Waals surface area (Å²) in [5.74, 6) is -1.11. The van der Waals surface area contributed by atoms with Crippen LogP contribution >= 0.6 is 0 Å². The SMILES string of the molecule is O=C1CCC(=O)N1/C(c1ccc([N+](=O)[O-])cc1)=[N+](\[O-])c1ccccc1. The molecular formula is C17H13N3O5. The Hall–Kier alpha value is -3.55. The van der Waals surface area contributed by atoms with Gasteiger partial charge in [-0.1, -0.05) is 18.2 Å². The van der Waals surface area contributed by atoms with Gasteiger partial charge in [-0.3, -0.25) is 10.1 Å². The minimum Gasteiger partial charge on any atom is -0.710 e. The molecule has 0 saturated carbocycles. The number of hydrogen-bond acceptors (Lipinski definition) is 5. The summed E-state index contributed by atoms with van der Waals surface area (Å²) >= 11 is 0. The second-order valence-corrected chi connectivity index (χ2v) is 5.38. The van der Waals surface area contributed by atoms with Crippen molar-refractivity contribution in [3.05, 3.63) is 75.5 Å². The van der Waals surface area contributed by atoms with E-state index in [1.807, 2.05) is 0 Å². The van der Waals surface area contributed by atoms with E-state index < -0.39 is 16.7 Å². The van der Waals surface area contributed by atoms with E-state index in [2.05, 4.69) is 0 Å². The van der Waals surface area contributed by atoms with Gasteiger partial charge in [-0.05, 0) is 24.3 Å². The molecule has 0 bridgehead atoms. The van der Waals surface area contributed by atoms with Gasteiger partial charge < -0.3 is 5.21 Å². The smallest absolute Gasteiger partial charge is 0.317 e. The van der Waals surface area contributed by atoms with Crippen LogP contribution in [0.5, 0.6) is 0 Å². The highest BCUT2D eigenvalue weighted by Crippen LogP contribution is 2.22. The van der Waals surface area contributed by atoms with Crippen LogP contribution in [0.4, 0.5) is 11.4 Å². The number of nitro groups is 1. The number of imide groups is 1. The topological polar surface area (TPSA) is 107 Å². The van der Waals surface area contributed by atoms with Gasteiger partial charge in [0.05, 0.1) is 23.3 Å². The van der Waals surface area contributed by atoms with Crippen LogP contribution < -0.4 is 0 Å². The van der Waals surface area contributed by atoms with Gasteiger partial charge in [-0.15, -0.1) is 4.90 Å². The van der Waals surface area contributed by atoms with Gasteiger partial charge in [0, 0.05) is 12.1 Å². The van der Waals surface area contributed by atoms with Gasteiger partial charge in [-0.25, -0.2) is 14.3 Å². The number of nitrogens with zero attached hydrogens (tertiary/aromatic N) is 3. The monoisotopic (exact) mass is 339 g/mol. The van der Waals surface area contributed by atoms with Crippen molar-refractivity contribution >= 4 is 29.0 Å². The molecule has 0 radical (unpaired) electrons. The van der Waals surface area contributed by atoms with Gasteiger partial charge in [0.1, 0.15) is 5.69 Å². The number of carbonyl (C=O) groups excluding carboxylic acids is 2. The van der Waals surface area contributed by atoms with Crippen molar-refractivity contribution in [1.82, 2.24) is 4.90 Å². The molecule has 8 heteroatoms. The third-order valence-electron chi connectivity index (χ3n) is 3.78. The first-order chi connectivity index (χ1) is 12.0. The van der Waals surface area contributed by atoms with Crippen molar-refractivity contribution in [2.75, 3.05) is 0 Å². The van der Waals surface area contributed by atoms with Gasteiger partial charge in [0.15, 0.2) is 0 Å². The third-order valence-corrected chi connectivity index (χ3v) is 3.78. The highest BCUT2D eigenvalue weighted by molar-refractivity contribution is 6.20. The predicted octanol–water partition coefficient (Wildman–Crippen LogP) is 2.33. The summed E-state index contributed by atoms with van der Waals surface area (Å²) in [4.78, 5) is 35.3. The minimum absolute atomic E-state index is 0.0257. The Kier molecular flexibility index (Phi) is 4.25. The number of hydrogen-bond donors (Lipinski definition) is 0. The maximum Gasteiger partial charge on any atom is 0.317 e. The second kappa shape index (κ2) is 6.52. The fourth-order valence-corrected chi connectivity index (χ4v) is 2.57. The summed E-state index contributed by atoms with van der Waals surface area (Å²) in [6.45, 7) is 0. The minimum atomic E-state index is -0.568. The average Bonchev–Trinajstić information content (AvgIpc) is 2.95. The van der Waals surface area contributed by atoms with Crippen molar-refractivity contribution < 1.29 is 19.3 Å². The first kappa shape index (κ1) is 16.3. The van der Waals surface area contributed by atoms with Crippen LogP contribution in [-0.2, 0) is 9.59 Å². The highest BCUT2D eigenvalue weighted by Gasteiger charge is 2.42. The van der Waals surface area contributed by atoms with E-state index >= 15 is 0 Å². The normalized spacial score (nSPS) is 15.3. The first-order valence-electron chi connectivity index (χ1n) is 7.49. The lowest BCUT2D eigenvalue weighted by atomic mass is 10.1. The third kappa shape index (κ3) is 3.09. The van der Waals surface area contributed by atoms with E-state index in [-0.39, 0.29) is 35.6 Å². The molecule has 1 saturated heterocycles. The number of benzene rings is 2. The Morgan fingerprint density at radius 3 is 1.92 bits per heavy atom. The van der Waals surface area contributed by atoms with Gasteiger partial charge in [0.2, 0.25) is 0 Å². The van der Waals surface area contributed by atoms with E-state index in [0.29, 0.717) is 4.74 Å². The second-order valence-electron chi connectivity index (χ2n) is 5.38. The molecule has 0 aliphatic carbocycles. The molecule has 1 fully saturated rings. The molecule has 1 aliphatic heterocycles. The molecule has 0 N–H and O–H groups in total. The number of carbonyl (C=O) groups is 2. The Labute approximate surface area is 142 Å². The summed E-state index contributed by atoms with van der Waals surface area (Å²) in [6.07, 6.45) is 0.0515. The zero-order valence-corrected chi connectivity index (χ0v) is 13.0. The molecule has 0 aromatic heterocycles. The van der Waals surface area contributed by atoms with E-state index in [9.17, 15) is 24.9 Å². The zero-order chi connectivity index (χ0) is 18.0. The molecular weight excluding hydrogens is 326 g/mol. The molecule has 2 aromatic carbocycles. The Morgan fingerprint density at radius 2 is 1.40 bits per heavy atom. The molecule has 3 rings (SSSR count). The number of amides is 2. The zero-order valence-electron chi connectivity index (χ0n) is 13.0. The van der Waals surface area contributed by atoms with Crippen molar-refractivity contribution in [2.45, 2.75) is 12.8 Å². The predicted molar refractivity (Wildman–Crippen MR) is 88.0 cm³/mol. The van der Waals surface area contributed by atoms with E-state index in [4.69, 9.17) is 0 Å². The maximum atomic E-state index is 12.8. The molecule has 25 heavy (non-hydrogen) atoms. The van der Waals surface area contributed by atoms with Gasteiger partial charge in [-0.2, -0.15) is 0 Å². The van der Waals surface area contributed by atoms with Crippen LogP contribution in [0.15, 0.2) is 54.6 Å². The number of rotatable bonds is 3. The summed E-state index contributed by atoms with van der Waals surface area (Å²) in [5.41, 5.74) is 0.329. The molecule has 0 spiro atoms. The molecule has 8 nitrogen and oxygen atoms in total. The lowest BCUT2D eigenvalue weighted by Crippen LogP contribution is -2.40. The molecule has 0 atom stereocenters. The summed E-state index contributed by atoms with van der Waals surface area (Å²) in [6, 6.07) is 13.3. The lowest BCUT2D eigenvalue weighted by molar-refractivity contribution is -0.384. The number of non-ortho nitro benzene ring substituents is 1. The number of amidine groups is 1. The highest BCUT2D eigenvalue weighted by atomic mass is 16.6. The molecule has 2 amide bonds. The van der Waals surface area contributed by atoms with Crippen LogP contribution in [0.2, 0.25) is 0 Å². The van der Waals surface area contributed by atoms with Crippen LogP contribution in [0.1, 0.15) is 18.4 Å². The fourth-order valence-electron chi connectivity index (χ4n) is 2.57. The van der Waals surface area contributed by atoms with E-state index in [1.54, 1.807) is 30.3 Å². The van der Waals surface area contributed by atoms with Crippen molar-refractivity contribution in [2.24, 2.45) is 0 Å². The Morgan fingerprint density at radius 1 is 0.840 bits per heavy atom. The largest absolute Gasteiger partial charge is 0.710 e. The Bertz CT molecular complexity index is 859. The molecule has 1 heterocycles. The van der Waals surface area contributed by atoms with Crippen molar-refractivity contribution in [1.29, 1.82) is 0 Å². The van der Waals surface area contributed by atoms with E-state index in [0.717, 1.165) is 4.90 Å². The van der Waals surface area contributed by atoms with Crippen molar-refractivity contribution in [3.8, 4) is 0 Å². The average molecular weight is 339 g/mol. The molecule has 1 aliphatic rings. The quantitative estimate of drug-likeness (QED) is 0.162. The van der Waals surface area contributed by atoms with Crippen LogP contribution in [0.25, 0.3) is 0 Å². The van der Waals surface area contributed by atoms with Gasteiger partial charge in [0.25, 0.3) is 5.69 Å². The summed E-state index contributed by atoms with van der Waals surface area (Å²) in [7, 11) is 0. The number of nitro benzene ring substituents is 1. The Balaban J connectivity index is 2.17. The molecule has 0 unspecified atom stereocenters. The number of para-hydroxylation sites is 1. The fraction of sp³-hybridized carbons (Fsp3) is 0.118.